The highest BCUT2D eigenvalue weighted by Gasteiger charge is 2.22. The Bertz CT molecular complexity index is 1080. The summed E-state index contributed by atoms with van der Waals surface area (Å²) in [6.45, 7) is 0. The molecule has 0 aliphatic carbocycles. The van der Waals surface area contributed by atoms with E-state index in [0.29, 0.717) is 17.0 Å². The smallest absolute Gasteiger partial charge is 0.267 e. The van der Waals surface area contributed by atoms with Gasteiger partial charge in [0.1, 0.15) is 16.4 Å². The molecule has 0 saturated carbocycles. The lowest BCUT2D eigenvalue weighted by Crippen LogP contribution is -2.14. The van der Waals surface area contributed by atoms with Crippen molar-refractivity contribution in [3.8, 4) is 22.8 Å². The van der Waals surface area contributed by atoms with Crippen LogP contribution in [0, 0.1) is 11.6 Å². The monoisotopic (exact) mass is 412 g/mol. The number of methoxy groups -OCH3 is 2. The van der Waals surface area contributed by atoms with Crippen molar-refractivity contribution in [2.45, 2.75) is 4.90 Å². The fraction of sp³-hybridized carbons (Fsp3) is 0.118. The number of halogens is 2. The second kappa shape index (κ2) is 7.49. The lowest BCUT2D eigenvalue weighted by Gasteiger charge is -2.11. The lowest BCUT2D eigenvalue weighted by molar-refractivity contribution is 0.392. The molecule has 0 aliphatic heterocycles. The van der Waals surface area contributed by atoms with Crippen LogP contribution in [0.5, 0.6) is 11.5 Å². The molecule has 1 aromatic heterocycles. The number of ether oxygens (including phenoxy) is 2. The molecule has 27 heavy (non-hydrogen) atoms. The van der Waals surface area contributed by atoms with Gasteiger partial charge >= 0.3 is 0 Å². The highest BCUT2D eigenvalue weighted by molar-refractivity contribution is 7.93. The Kier molecular flexibility index (Phi) is 5.29. The molecule has 142 valence electrons. The van der Waals surface area contributed by atoms with Gasteiger partial charge in [0, 0.05) is 17.0 Å². The molecule has 0 saturated heterocycles. The number of aromatic nitrogens is 1. The van der Waals surface area contributed by atoms with E-state index < -0.39 is 21.7 Å². The van der Waals surface area contributed by atoms with Crippen molar-refractivity contribution in [1.82, 2.24) is 4.98 Å². The minimum atomic E-state index is -4.01. The number of sulfonamides is 1. The fourth-order valence-electron chi connectivity index (χ4n) is 2.27. The van der Waals surface area contributed by atoms with Crippen LogP contribution < -0.4 is 14.2 Å². The summed E-state index contributed by atoms with van der Waals surface area (Å²) >= 11 is 1.01. The average molecular weight is 412 g/mol. The van der Waals surface area contributed by atoms with Crippen LogP contribution in [-0.2, 0) is 10.0 Å². The van der Waals surface area contributed by atoms with E-state index in [1.807, 2.05) is 0 Å². The molecule has 0 atom stereocenters. The summed E-state index contributed by atoms with van der Waals surface area (Å²) in [6.07, 6.45) is 0. The first kappa shape index (κ1) is 19.1. The molecule has 0 unspecified atom stereocenters. The minimum Gasteiger partial charge on any atom is -0.497 e. The molecule has 0 bridgehead atoms. The van der Waals surface area contributed by atoms with Crippen LogP contribution in [0.1, 0.15) is 0 Å². The zero-order chi connectivity index (χ0) is 19.6. The van der Waals surface area contributed by atoms with Gasteiger partial charge in [0.15, 0.2) is 16.8 Å². The Balaban J connectivity index is 1.91. The number of rotatable bonds is 6. The first-order valence-corrected chi connectivity index (χ1v) is 9.86. The third kappa shape index (κ3) is 4.01. The van der Waals surface area contributed by atoms with Crippen LogP contribution in [0.4, 0.5) is 13.9 Å². The third-order valence-electron chi connectivity index (χ3n) is 3.60. The van der Waals surface area contributed by atoms with E-state index >= 15 is 0 Å². The second-order valence-electron chi connectivity index (χ2n) is 5.29. The van der Waals surface area contributed by atoms with Gasteiger partial charge in [0.2, 0.25) is 0 Å². The van der Waals surface area contributed by atoms with Crippen LogP contribution >= 0.6 is 11.3 Å². The summed E-state index contributed by atoms with van der Waals surface area (Å²) in [5.74, 6) is -1.50. The minimum absolute atomic E-state index is 0.0691. The quantitative estimate of drug-likeness (QED) is 0.664. The SMILES string of the molecule is COc1ccc(OC)c(S(=O)(=O)Nc2nc(-c3ccc(F)c(F)c3)cs2)c1. The molecule has 0 fully saturated rings. The van der Waals surface area contributed by atoms with E-state index in [9.17, 15) is 17.2 Å². The van der Waals surface area contributed by atoms with Crippen molar-refractivity contribution >= 4 is 26.5 Å². The van der Waals surface area contributed by atoms with Gasteiger partial charge in [-0.05, 0) is 30.3 Å². The van der Waals surface area contributed by atoms with Crippen molar-refractivity contribution in [1.29, 1.82) is 0 Å². The molecule has 1 N–H and O–H groups in total. The standard InChI is InChI=1S/C17H14F2N2O4S2/c1-24-11-4-6-15(25-2)16(8-11)27(22,23)21-17-20-14(9-26-17)10-3-5-12(18)13(19)7-10/h3-9H,1-2H3,(H,20,21). The first-order chi connectivity index (χ1) is 12.8. The Morgan fingerprint density at radius 2 is 1.81 bits per heavy atom. The van der Waals surface area contributed by atoms with E-state index in [1.165, 1.54) is 37.8 Å². The van der Waals surface area contributed by atoms with Crippen LogP contribution in [0.15, 0.2) is 46.7 Å². The van der Waals surface area contributed by atoms with Crippen molar-refractivity contribution < 1.29 is 26.7 Å². The molecular weight excluding hydrogens is 398 g/mol. The van der Waals surface area contributed by atoms with Gasteiger partial charge in [-0.15, -0.1) is 11.3 Å². The number of thiazole rings is 1. The normalized spacial score (nSPS) is 11.3. The van der Waals surface area contributed by atoms with E-state index in [2.05, 4.69) is 9.71 Å². The second-order valence-corrected chi connectivity index (χ2v) is 7.80. The van der Waals surface area contributed by atoms with Gasteiger partial charge in [0.05, 0.1) is 19.9 Å². The summed E-state index contributed by atoms with van der Waals surface area (Å²) in [4.78, 5) is 4.01. The molecule has 6 nitrogen and oxygen atoms in total. The van der Waals surface area contributed by atoms with Crippen LogP contribution in [0.25, 0.3) is 11.3 Å². The van der Waals surface area contributed by atoms with Gasteiger partial charge in [-0.2, -0.15) is 0 Å². The third-order valence-corrected chi connectivity index (χ3v) is 5.85. The molecule has 0 spiro atoms. The van der Waals surface area contributed by atoms with E-state index in [4.69, 9.17) is 9.47 Å². The maximum Gasteiger partial charge on any atom is 0.267 e. The van der Waals surface area contributed by atoms with E-state index in [0.717, 1.165) is 23.5 Å². The van der Waals surface area contributed by atoms with Crippen LogP contribution in [-0.4, -0.2) is 27.6 Å². The summed E-state index contributed by atoms with van der Waals surface area (Å²) in [7, 11) is -1.24. The number of anilines is 1. The molecule has 3 rings (SSSR count). The van der Waals surface area contributed by atoms with Crippen molar-refractivity contribution in [3.63, 3.8) is 0 Å². The van der Waals surface area contributed by atoms with Gasteiger partial charge in [-0.25, -0.2) is 22.2 Å². The largest absolute Gasteiger partial charge is 0.497 e. The van der Waals surface area contributed by atoms with Gasteiger partial charge in [-0.1, -0.05) is 0 Å². The predicted octanol–water partition coefficient (Wildman–Crippen LogP) is 3.91. The molecule has 0 radical (unpaired) electrons. The maximum atomic E-state index is 13.4. The Labute approximate surface area is 158 Å². The van der Waals surface area contributed by atoms with Crippen molar-refractivity contribution in [2.24, 2.45) is 0 Å². The van der Waals surface area contributed by atoms with Crippen molar-refractivity contribution in [3.05, 3.63) is 53.4 Å². The zero-order valence-electron chi connectivity index (χ0n) is 14.2. The fourth-order valence-corrected chi connectivity index (χ4v) is 4.43. The first-order valence-electron chi connectivity index (χ1n) is 7.50. The van der Waals surface area contributed by atoms with Gasteiger partial charge < -0.3 is 9.47 Å². The molecule has 2 aromatic carbocycles. The number of nitrogens with zero attached hydrogens (tertiary/aromatic N) is 1. The highest BCUT2D eigenvalue weighted by Crippen LogP contribution is 2.32. The Hall–Kier alpha value is -2.72. The summed E-state index contributed by atoms with van der Waals surface area (Å²) < 4.78 is 64.4. The highest BCUT2D eigenvalue weighted by atomic mass is 32.2. The number of hydrogen-bond donors (Lipinski definition) is 1. The van der Waals surface area contributed by atoms with Gasteiger partial charge in [-0.3, -0.25) is 4.72 Å². The maximum absolute atomic E-state index is 13.4. The predicted molar refractivity (Wildman–Crippen MR) is 97.8 cm³/mol. The summed E-state index contributed by atoms with van der Waals surface area (Å²) in [5.41, 5.74) is 0.642. The Morgan fingerprint density at radius 3 is 2.48 bits per heavy atom. The summed E-state index contributed by atoms with van der Waals surface area (Å²) in [6, 6.07) is 7.70. The van der Waals surface area contributed by atoms with E-state index in [1.54, 1.807) is 6.07 Å². The number of nitrogens with one attached hydrogen (secondary N) is 1. The number of benzene rings is 2. The van der Waals surface area contributed by atoms with Crippen LogP contribution in [0.2, 0.25) is 0 Å². The molecule has 1 heterocycles. The Morgan fingerprint density at radius 1 is 1.04 bits per heavy atom. The molecule has 0 amide bonds. The molecule has 10 heteroatoms. The van der Waals surface area contributed by atoms with Crippen molar-refractivity contribution in [2.75, 3.05) is 18.9 Å². The molecular formula is C17H14F2N2O4S2. The lowest BCUT2D eigenvalue weighted by atomic mass is 10.2. The summed E-state index contributed by atoms with van der Waals surface area (Å²) in [5, 5.41) is 1.60. The molecule has 3 aromatic rings. The number of hydrogen-bond acceptors (Lipinski definition) is 6. The zero-order valence-corrected chi connectivity index (χ0v) is 15.8. The molecule has 0 aliphatic rings. The topological polar surface area (TPSA) is 77.5 Å². The van der Waals surface area contributed by atoms with Crippen LogP contribution in [0.3, 0.4) is 0 Å². The average Bonchev–Trinajstić information content (AvgIpc) is 3.11. The van der Waals surface area contributed by atoms with E-state index in [-0.39, 0.29) is 15.8 Å². The van der Waals surface area contributed by atoms with Gasteiger partial charge in [0.25, 0.3) is 10.0 Å².